The molecule has 0 unspecified atom stereocenters. The highest BCUT2D eigenvalue weighted by atomic mass is 32.2. The van der Waals surface area contributed by atoms with Gasteiger partial charge in [0, 0.05) is 42.6 Å². The van der Waals surface area contributed by atoms with Gasteiger partial charge in [0.15, 0.2) is 0 Å². The maximum absolute atomic E-state index is 4.56. The van der Waals surface area contributed by atoms with Crippen LogP contribution in [-0.4, -0.2) is 28.6 Å². The van der Waals surface area contributed by atoms with E-state index in [2.05, 4.69) is 57.7 Å². The Bertz CT molecular complexity index is 666. The molecule has 4 rings (SSSR count). The van der Waals surface area contributed by atoms with Gasteiger partial charge in [-0.15, -0.1) is 11.8 Å². The zero-order chi connectivity index (χ0) is 14.9. The first-order chi connectivity index (χ1) is 10.8. The fourth-order valence-electron chi connectivity index (χ4n) is 3.38. The molecule has 0 saturated heterocycles. The average molecular weight is 314 g/mol. The van der Waals surface area contributed by atoms with Crippen LogP contribution in [-0.2, 0) is 6.54 Å². The Morgan fingerprint density at radius 2 is 2.32 bits per heavy atom. The van der Waals surface area contributed by atoms with Gasteiger partial charge in [-0.1, -0.05) is 18.2 Å². The summed E-state index contributed by atoms with van der Waals surface area (Å²) in [5.41, 5.74) is 2.56. The predicted molar refractivity (Wildman–Crippen MR) is 91.5 cm³/mol. The molecule has 0 aliphatic carbocycles. The minimum atomic E-state index is 0.498. The molecule has 2 aromatic rings. The molecule has 2 atom stereocenters. The molecular weight excluding hydrogens is 292 g/mol. The second-order valence-corrected chi connectivity index (χ2v) is 7.37. The van der Waals surface area contributed by atoms with Crippen molar-refractivity contribution in [2.24, 2.45) is 5.92 Å². The van der Waals surface area contributed by atoms with Crippen molar-refractivity contribution in [1.29, 1.82) is 0 Å². The summed E-state index contributed by atoms with van der Waals surface area (Å²) in [5.74, 6) is 2.96. The first kappa shape index (κ1) is 14.2. The van der Waals surface area contributed by atoms with Crippen LogP contribution < -0.4 is 10.6 Å². The molecule has 3 heterocycles. The number of thioether (sulfide) groups is 1. The number of fused-ring (bicyclic) bond motifs is 2. The van der Waals surface area contributed by atoms with Crippen molar-refractivity contribution in [3.05, 3.63) is 41.6 Å². The highest BCUT2D eigenvalue weighted by Crippen LogP contribution is 2.35. The Morgan fingerprint density at radius 1 is 1.41 bits per heavy atom. The van der Waals surface area contributed by atoms with Gasteiger partial charge in [-0.05, 0) is 30.7 Å². The Balaban J connectivity index is 1.40. The first-order valence-corrected chi connectivity index (χ1v) is 9.01. The number of benzene rings is 1. The van der Waals surface area contributed by atoms with E-state index in [0.717, 1.165) is 31.1 Å². The molecule has 2 aliphatic rings. The van der Waals surface area contributed by atoms with Crippen LogP contribution in [0.3, 0.4) is 0 Å². The van der Waals surface area contributed by atoms with Crippen LogP contribution >= 0.6 is 11.8 Å². The van der Waals surface area contributed by atoms with Gasteiger partial charge < -0.3 is 10.6 Å². The summed E-state index contributed by atoms with van der Waals surface area (Å²) in [6, 6.07) is 11.4. The Morgan fingerprint density at radius 3 is 3.27 bits per heavy atom. The summed E-state index contributed by atoms with van der Waals surface area (Å²) < 4.78 is 2.11. The van der Waals surface area contributed by atoms with E-state index in [1.165, 1.54) is 22.6 Å². The molecule has 2 N–H and O–H groups in total. The largest absolute Gasteiger partial charge is 0.370 e. The smallest absolute Gasteiger partial charge is 0.124 e. The van der Waals surface area contributed by atoms with Crippen LogP contribution in [0.2, 0.25) is 0 Å². The molecule has 4 nitrogen and oxygen atoms in total. The maximum Gasteiger partial charge on any atom is 0.124 e. The third kappa shape index (κ3) is 2.75. The highest BCUT2D eigenvalue weighted by molar-refractivity contribution is 7.99. The van der Waals surface area contributed by atoms with Gasteiger partial charge in [0.1, 0.15) is 5.82 Å². The minimum Gasteiger partial charge on any atom is -0.370 e. The molecule has 22 heavy (non-hydrogen) atoms. The molecule has 116 valence electrons. The SMILES string of the molecule is Cc1cc2n(n1)C[C@@H](CN[C@@H]1CCSc3ccccc31)CN2. The molecule has 0 saturated carbocycles. The van der Waals surface area contributed by atoms with Crippen LogP contribution in [0.15, 0.2) is 35.2 Å². The molecule has 0 radical (unpaired) electrons. The normalized spacial score (nSPS) is 23.5. The van der Waals surface area contributed by atoms with E-state index in [9.17, 15) is 0 Å². The lowest BCUT2D eigenvalue weighted by molar-refractivity contribution is 0.365. The van der Waals surface area contributed by atoms with Crippen molar-refractivity contribution >= 4 is 17.6 Å². The standard InChI is InChI=1S/C17H22N4S/c1-12-8-17-19-10-13(11-21(17)20-12)9-18-15-6-7-22-16-5-3-2-4-14(15)16/h2-5,8,13,15,18-19H,6-7,9-11H2,1H3/t13-,15+/m0/s1. The molecule has 0 bridgehead atoms. The van der Waals surface area contributed by atoms with Crippen LogP contribution in [0.25, 0.3) is 0 Å². The summed E-state index contributed by atoms with van der Waals surface area (Å²) in [4.78, 5) is 1.44. The summed E-state index contributed by atoms with van der Waals surface area (Å²) in [6.07, 6.45) is 1.22. The Labute approximate surface area is 135 Å². The average Bonchev–Trinajstić information content (AvgIpc) is 2.92. The molecule has 0 spiro atoms. The van der Waals surface area contributed by atoms with Crippen molar-refractivity contribution in [2.75, 3.05) is 24.2 Å². The van der Waals surface area contributed by atoms with Crippen LogP contribution in [0, 0.1) is 12.8 Å². The maximum atomic E-state index is 4.56. The zero-order valence-electron chi connectivity index (χ0n) is 12.9. The molecule has 0 amide bonds. The number of hydrogen-bond acceptors (Lipinski definition) is 4. The lowest BCUT2D eigenvalue weighted by Gasteiger charge is -2.30. The number of aromatic nitrogens is 2. The molecule has 1 aromatic carbocycles. The first-order valence-electron chi connectivity index (χ1n) is 8.03. The summed E-state index contributed by atoms with van der Waals surface area (Å²) in [6.45, 7) is 5.12. The van der Waals surface area contributed by atoms with Crippen molar-refractivity contribution in [2.45, 2.75) is 30.8 Å². The number of aryl methyl sites for hydroxylation is 1. The molecular formula is C17H22N4S. The van der Waals surface area contributed by atoms with E-state index in [0.29, 0.717) is 12.0 Å². The number of rotatable bonds is 3. The Kier molecular flexibility index (Phi) is 3.84. The summed E-state index contributed by atoms with van der Waals surface area (Å²) >= 11 is 1.98. The van der Waals surface area contributed by atoms with Gasteiger partial charge in [0.2, 0.25) is 0 Å². The lowest BCUT2D eigenvalue weighted by atomic mass is 10.0. The third-order valence-corrected chi connectivity index (χ3v) is 5.64. The number of nitrogens with zero attached hydrogens (tertiary/aromatic N) is 2. The summed E-state index contributed by atoms with van der Waals surface area (Å²) in [5, 5.41) is 11.8. The number of hydrogen-bond donors (Lipinski definition) is 2. The zero-order valence-corrected chi connectivity index (χ0v) is 13.7. The Hall–Kier alpha value is -1.46. The topological polar surface area (TPSA) is 41.9 Å². The lowest BCUT2D eigenvalue weighted by Crippen LogP contribution is -2.37. The van der Waals surface area contributed by atoms with Crippen molar-refractivity contribution in [3.8, 4) is 0 Å². The van der Waals surface area contributed by atoms with E-state index in [-0.39, 0.29) is 0 Å². The number of anilines is 1. The predicted octanol–water partition coefficient (Wildman–Crippen LogP) is 3.06. The van der Waals surface area contributed by atoms with E-state index < -0.39 is 0 Å². The quantitative estimate of drug-likeness (QED) is 0.914. The van der Waals surface area contributed by atoms with Crippen LogP contribution in [0.1, 0.15) is 23.7 Å². The van der Waals surface area contributed by atoms with E-state index in [4.69, 9.17) is 0 Å². The number of nitrogens with one attached hydrogen (secondary N) is 2. The van der Waals surface area contributed by atoms with Gasteiger partial charge in [-0.25, -0.2) is 4.68 Å². The third-order valence-electron chi connectivity index (χ3n) is 4.52. The molecule has 1 aromatic heterocycles. The molecule has 2 aliphatic heterocycles. The summed E-state index contributed by atoms with van der Waals surface area (Å²) in [7, 11) is 0. The van der Waals surface area contributed by atoms with Crippen LogP contribution in [0.4, 0.5) is 5.82 Å². The van der Waals surface area contributed by atoms with Gasteiger partial charge in [-0.2, -0.15) is 5.10 Å². The minimum absolute atomic E-state index is 0.498. The van der Waals surface area contributed by atoms with Crippen molar-refractivity contribution in [1.82, 2.24) is 15.1 Å². The molecule has 5 heteroatoms. The van der Waals surface area contributed by atoms with Crippen LogP contribution in [0.5, 0.6) is 0 Å². The highest BCUT2D eigenvalue weighted by Gasteiger charge is 2.23. The second kappa shape index (κ2) is 5.97. The second-order valence-electron chi connectivity index (χ2n) is 6.24. The fourth-order valence-corrected chi connectivity index (χ4v) is 4.51. The van der Waals surface area contributed by atoms with Gasteiger partial charge in [0.25, 0.3) is 0 Å². The van der Waals surface area contributed by atoms with Gasteiger partial charge in [0.05, 0.1) is 5.69 Å². The van der Waals surface area contributed by atoms with E-state index in [1.807, 2.05) is 11.8 Å². The van der Waals surface area contributed by atoms with E-state index in [1.54, 1.807) is 0 Å². The fraction of sp³-hybridized carbons (Fsp3) is 0.471. The van der Waals surface area contributed by atoms with Crippen molar-refractivity contribution < 1.29 is 0 Å². The monoisotopic (exact) mass is 314 g/mol. The van der Waals surface area contributed by atoms with Gasteiger partial charge >= 0.3 is 0 Å². The van der Waals surface area contributed by atoms with Gasteiger partial charge in [-0.3, -0.25) is 0 Å². The molecule has 0 fully saturated rings. The van der Waals surface area contributed by atoms with E-state index >= 15 is 0 Å². The van der Waals surface area contributed by atoms with Crippen molar-refractivity contribution in [3.63, 3.8) is 0 Å².